The van der Waals surface area contributed by atoms with Crippen molar-refractivity contribution in [3.8, 4) is 17.0 Å². The molecule has 1 N–H and O–H groups in total. The number of aromatic nitrogens is 2. The third kappa shape index (κ3) is 5.71. The molecule has 1 amide bonds. The number of nitrogens with zero attached hydrogens (tertiary/aromatic N) is 2. The summed E-state index contributed by atoms with van der Waals surface area (Å²) in [7, 11) is 0. The number of aryl methyl sites for hydroxylation is 1. The van der Waals surface area contributed by atoms with Crippen LogP contribution >= 0.6 is 0 Å². The summed E-state index contributed by atoms with van der Waals surface area (Å²) in [5, 5.41) is 6.96. The zero-order chi connectivity index (χ0) is 20.6. The fourth-order valence-electron chi connectivity index (χ4n) is 2.62. The molecule has 0 bridgehead atoms. The monoisotopic (exact) mass is 399 g/mol. The average Bonchev–Trinajstić information content (AvgIpc) is 2.72. The van der Waals surface area contributed by atoms with Gasteiger partial charge < -0.3 is 10.1 Å². The molecule has 29 heavy (non-hydrogen) atoms. The van der Waals surface area contributed by atoms with E-state index in [1.807, 2.05) is 30.3 Å². The molecule has 0 fully saturated rings. The zero-order valence-corrected chi connectivity index (χ0v) is 15.5. The molecule has 0 aliphatic heterocycles. The van der Waals surface area contributed by atoms with Crippen molar-refractivity contribution in [3.63, 3.8) is 0 Å². The minimum absolute atomic E-state index is 0.199. The average molecular weight is 399 g/mol. The van der Waals surface area contributed by atoms with E-state index in [2.05, 4.69) is 10.4 Å². The van der Waals surface area contributed by atoms with E-state index in [0.717, 1.165) is 17.7 Å². The van der Waals surface area contributed by atoms with Crippen LogP contribution in [0.3, 0.4) is 0 Å². The van der Waals surface area contributed by atoms with Crippen LogP contribution in [-0.2, 0) is 11.3 Å². The molecule has 0 atom stereocenters. The first-order chi connectivity index (χ1) is 14.0. The molecule has 0 unspecified atom stereocenters. The summed E-state index contributed by atoms with van der Waals surface area (Å²) in [4.78, 5) is 23.8. The number of rotatable bonds is 8. The molecule has 1 aromatic heterocycles. The number of benzene rings is 2. The van der Waals surface area contributed by atoms with Gasteiger partial charge in [0.2, 0.25) is 0 Å². The number of amides is 1. The molecule has 0 saturated heterocycles. The van der Waals surface area contributed by atoms with Gasteiger partial charge in [0, 0.05) is 30.8 Å². The summed E-state index contributed by atoms with van der Waals surface area (Å²) in [6.07, 6.45) is 0.474. The topological polar surface area (TPSA) is 73.2 Å². The molecule has 150 valence electrons. The zero-order valence-electron chi connectivity index (χ0n) is 15.5. The Morgan fingerprint density at radius 1 is 1.07 bits per heavy atom. The Balaban J connectivity index is 1.46. The van der Waals surface area contributed by atoms with E-state index in [9.17, 15) is 18.4 Å². The van der Waals surface area contributed by atoms with Crippen LogP contribution in [0.25, 0.3) is 11.3 Å². The number of halogens is 2. The first-order valence-corrected chi connectivity index (χ1v) is 9.01. The first-order valence-electron chi connectivity index (χ1n) is 9.01. The summed E-state index contributed by atoms with van der Waals surface area (Å²) >= 11 is 0. The second-order valence-electron chi connectivity index (χ2n) is 6.21. The van der Waals surface area contributed by atoms with Gasteiger partial charge in [-0.25, -0.2) is 13.5 Å². The second-order valence-corrected chi connectivity index (χ2v) is 6.21. The molecular formula is C21H19F2N3O3. The fraction of sp³-hybridized carbons (Fsp3) is 0.190. The third-order valence-electron chi connectivity index (χ3n) is 4.06. The summed E-state index contributed by atoms with van der Waals surface area (Å²) in [6, 6.07) is 15.5. The number of carbonyl (C=O) groups excluding carboxylic acids is 1. The lowest BCUT2D eigenvalue weighted by atomic mass is 10.1. The molecule has 0 saturated carbocycles. The van der Waals surface area contributed by atoms with Gasteiger partial charge in [0.1, 0.15) is 5.82 Å². The quantitative estimate of drug-likeness (QED) is 0.591. The lowest BCUT2D eigenvalue weighted by Gasteiger charge is -2.09. The molecule has 0 radical (unpaired) electrons. The normalized spacial score (nSPS) is 10.6. The van der Waals surface area contributed by atoms with Gasteiger partial charge in [-0.05, 0) is 24.6 Å². The van der Waals surface area contributed by atoms with Crippen molar-refractivity contribution in [3.05, 3.63) is 82.7 Å². The van der Waals surface area contributed by atoms with E-state index in [1.54, 1.807) is 6.07 Å². The largest absolute Gasteiger partial charge is 0.481 e. The second kappa shape index (κ2) is 9.59. The van der Waals surface area contributed by atoms with Gasteiger partial charge >= 0.3 is 0 Å². The number of ether oxygens (including phenoxy) is 1. The molecule has 2 aromatic carbocycles. The van der Waals surface area contributed by atoms with Crippen molar-refractivity contribution >= 4 is 5.91 Å². The maximum Gasteiger partial charge on any atom is 0.266 e. The van der Waals surface area contributed by atoms with Crippen LogP contribution in [0.4, 0.5) is 8.78 Å². The van der Waals surface area contributed by atoms with E-state index >= 15 is 0 Å². The van der Waals surface area contributed by atoms with Crippen LogP contribution in [0.15, 0.2) is 65.5 Å². The summed E-state index contributed by atoms with van der Waals surface area (Å²) in [5.74, 6) is -2.25. The maximum absolute atomic E-state index is 13.5. The molecule has 0 spiro atoms. The highest BCUT2D eigenvalue weighted by molar-refractivity contribution is 5.77. The van der Waals surface area contributed by atoms with E-state index in [0.29, 0.717) is 24.7 Å². The van der Waals surface area contributed by atoms with Crippen LogP contribution in [0, 0.1) is 11.6 Å². The van der Waals surface area contributed by atoms with Crippen molar-refractivity contribution in [2.45, 2.75) is 13.0 Å². The van der Waals surface area contributed by atoms with E-state index in [1.165, 1.54) is 10.7 Å². The Kier molecular flexibility index (Phi) is 6.67. The Morgan fingerprint density at radius 2 is 1.86 bits per heavy atom. The predicted molar refractivity (Wildman–Crippen MR) is 103 cm³/mol. The van der Waals surface area contributed by atoms with Crippen LogP contribution in [0.5, 0.6) is 5.75 Å². The Bertz CT molecular complexity index is 1040. The highest BCUT2D eigenvalue weighted by Gasteiger charge is 2.08. The maximum atomic E-state index is 13.5. The SMILES string of the molecule is O=C(COc1ccc(F)cc1F)NCCCn1nc(-c2ccccc2)ccc1=O. The summed E-state index contributed by atoms with van der Waals surface area (Å²) in [5.41, 5.74) is 1.36. The van der Waals surface area contributed by atoms with Gasteiger partial charge in [0.25, 0.3) is 11.5 Å². The number of carbonyl (C=O) groups is 1. The van der Waals surface area contributed by atoms with Crippen molar-refractivity contribution in [1.82, 2.24) is 15.1 Å². The van der Waals surface area contributed by atoms with E-state index in [-0.39, 0.29) is 17.9 Å². The molecule has 8 heteroatoms. The molecule has 6 nitrogen and oxygen atoms in total. The Labute approximate surface area is 165 Å². The van der Waals surface area contributed by atoms with Crippen molar-refractivity contribution in [2.24, 2.45) is 0 Å². The summed E-state index contributed by atoms with van der Waals surface area (Å²) < 4.78 is 32.7. The van der Waals surface area contributed by atoms with Crippen LogP contribution in [0.1, 0.15) is 6.42 Å². The third-order valence-corrected chi connectivity index (χ3v) is 4.06. The number of hydrogen-bond donors (Lipinski definition) is 1. The fourth-order valence-corrected chi connectivity index (χ4v) is 2.62. The van der Waals surface area contributed by atoms with Gasteiger partial charge in [-0.15, -0.1) is 0 Å². The first kappa shape index (κ1) is 20.2. The van der Waals surface area contributed by atoms with E-state index < -0.39 is 24.1 Å². The summed E-state index contributed by atoms with van der Waals surface area (Å²) in [6.45, 7) is 0.218. The van der Waals surface area contributed by atoms with Gasteiger partial charge in [-0.1, -0.05) is 30.3 Å². The van der Waals surface area contributed by atoms with Crippen LogP contribution in [-0.4, -0.2) is 28.8 Å². The Morgan fingerprint density at radius 3 is 2.62 bits per heavy atom. The van der Waals surface area contributed by atoms with Crippen LogP contribution in [0.2, 0.25) is 0 Å². The molecule has 3 aromatic rings. The molecule has 0 aliphatic carbocycles. The minimum Gasteiger partial charge on any atom is -0.481 e. The molecule has 3 rings (SSSR count). The Hall–Kier alpha value is -3.55. The van der Waals surface area contributed by atoms with Crippen LogP contribution < -0.4 is 15.6 Å². The molecular weight excluding hydrogens is 380 g/mol. The molecule has 1 heterocycles. The lowest BCUT2D eigenvalue weighted by molar-refractivity contribution is -0.123. The number of hydrogen-bond acceptors (Lipinski definition) is 4. The predicted octanol–water partition coefficient (Wildman–Crippen LogP) is 2.77. The van der Waals surface area contributed by atoms with E-state index in [4.69, 9.17) is 4.74 Å². The van der Waals surface area contributed by atoms with Gasteiger partial charge in [0.15, 0.2) is 18.2 Å². The highest BCUT2D eigenvalue weighted by Crippen LogP contribution is 2.17. The number of nitrogens with one attached hydrogen (secondary N) is 1. The highest BCUT2D eigenvalue weighted by atomic mass is 19.1. The van der Waals surface area contributed by atoms with Crippen molar-refractivity contribution in [2.75, 3.05) is 13.2 Å². The lowest BCUT2D eigenvalue weighted by Crippen LogP contribution is -2.31. The van der Waals surface area contributed by atoms with Crippen molar-refractivity contribution < 1.29 is 18.3 Å². The van der Waals surface area contributed by atoms with Crippen molar-refractivity contribution in [1.29, 1.82) is 0 Å². The smallest absolute Gasteiger partial charge is 0.266 e. The van der Waals surface area contributed by atoms with Gasteiger partial charge in [-0.3, -0.25) is 9.59 Å². The van der Waals surface area contributed by atoms with Gasteiger partial charge in [-0.2, -0.15) is 5.10 Å². The molecule has 0 aliphatic rings. The van der Waals surface area contributed by atoms with Gasteiger partial charge in [0.05, 0.1) is 5.69 Å². The standard InChI is InChI=1S/C21H19F2N3O3/c22-16-7-9-19(17(23)13-16)29-14-20(27)24-11-4-12-26-21(28)10-8-18(25-26)15-5-2-1-3-6-15/h1-3,5-10,13H,4,11-12,14H2,(H,24,27). The minimum atomic E-state index is -0.874.